The number of ketones is 1. The van der Waals surface area contributed by atoms with E-state index in [1.807, 2.05) is 0 Å². The van der Waals surface area contributed by atoms with Crippen LogP contribution in [-0.2, 0) is 6.18 Å². The van der Waals surface area contributed by atoms with Crippen molar-refractivity contribution >= 4 is 17.4 Å². The van der Waals surface area contributed by atoms with E-state index in [-0.39, 0.29) is 12.0 Å². The second kappa shape index (κ2) is 6.18. The summed E-state index contributed by atoms with van der Waals surface area (Å²) >= 11 is 5.42. The molecule has 0 heterocycles. The van der Waals surface area contributed by atoms with Gasteiger partial charge in [0.2, 0.25) is 0 Å². The van der Waals surface area contributed by atoms with Crippen LogP contribution in [0, 0.1) is 5.82 Å². The molecule has 100 valence electrons. The van der Waals surface area contributed by atoms with E-state index in [0.717, 1.165) is 6.07 Å². The molecule has 18 heavy (non-hydrogen) atoms. The molecule has 0 saturated heterocycles. The monoisotopic (exact) mass is 282 g/mol. The third-order valence-electron chi connectivity index (χ3n) is 2.33. The topological polar surface area (TPSA) is 17.1 Å². The minimum Gasteiger partial charge on any atom is -0.294 e. The van der Waals surface area contributed by atoms with Crippen LogP contribution in [0.1, 0.15) is 35.2 Å². The van der Waals surface area contributed by atoms with Gasteiger partial charge in [-0.05, 0) is 31.0 Å². The molecule has 0 radical (unpaired) electrons. The SMILES string of the molecule is O=C(CCCCCl)c1cc(F)cc(C(F)(F)F)c1. The van der Waals surface area contributed by atoms with E-state index in [9.17, 15) is 22.4 Å². The summed E-state index contributed by atoms with van der Waals surface area (Å²) in [7, 11) is 0. The lowest BCUT2D eigenvalue weighted by Gasteiger charge is -2.08. The van der Waals surface area contributed by atoms with Crippen LogP contribution >= 0.6 is 11.6 Å². The average molecular weight is 283 g/mol. The van der Waals surface area contributed by atoms with Crippen LogP contribution in [0.4, 0.5) is 17.6 Å². The van der Waals surface area contributed by atoms with Crippen molar-refractivity contribution in [3.63, 3.8) is 0 Å². The zero-order valence-electron chi connectivity index (χ0n) is 9.36. The van der Waals surface area contributed by atoms with E-state index in [2.05, 4.69) is 0 Å². The molecule has 0 saturated carbocycles. The molecule has 1 nitrogen and oxygen atoms in total. The number of Topliss-reactive ketones (excluding diaryl/α,β-unsaturated/α-hetero) is 1. The summed E-state index contributed by atoms with van der Waals surface area (Å²) in [5.41, 5.74) is -1.40. The fraction of sp³-hybridized carbons (Fsp3) is 0.417. The summed E-state index contributed by atoms with van der Waals surface area (Å²) in [4.78, 5) is 11.6. The molecule has 1 aromatic rings. The lowest BCUT2D eigenvalue weighted by Crippen LogP contribution is -2.08. The normalized spacial score (nSPS) is 11.6. The summed E-state index contributed by atoms with van der Waals surface area (Å²) in [5, 5.41) is 0. The molecule has 1 aromatic carbocycles. The number of carbonyl (C=O) groups excluding carboxylic acids is 1. The largest absolute Gasteiger partial charge is 0.416 e. The molecule has 0 aliphatic rings. The molecular formula is C12H11ClF4O. The van der Waals surface area contributed by atoms with Crippen LogP contribution in [-0.4, -0.2) is 11.7 Å². The van der Waals surface area contributed by atoms with Gasteiger partial charge < -0.3 is 0 Å². The first-order valence-corrected chi connectivity index (χ1v) is 5.85. The lowest BCUT2D eigenvalue weighted by atomic mass is 10.0. The van der Waals surface area contributed by atoms with Gasteiger partial charge in [-0.3, -0.25) is 4.79 Å². The van der Waals surface area contributed by atoms with Gasteiger partial charge in [-0.2, -0.15) is 13.2 Å². The highest BCUT2D eigenvalue weighted by Crippen LogP contribution is 2.30. The van der Waals surface area contributed by atoms with Crippen molar-refractivity contribution in [2.45, 2.75) is 25.4 Å². The Morgan fingerprint density at radius 1 is 1.17 bits per heavy atom. The Bertz CT molecular complexity index is 429. The molecule has 1 rings (SSSR count). The van der Waals surface area contributed by atoms with E-state index < -0.39 is 23.3 Å². The highest BCUT2D eigenvalue weighted by Gasteiger charge is 2.31. The number of hydrogen-bond acceptors (Lipinski definition) is 1. The summed E-state index contributed by atoms with van der Waals surface area (Å²) in [6.45, 7) is 0. The van der Waals surface area contributed by atoms with Crippen LogP contribution in [0.25, 0.3) is 0 Å². The number of halogens is 5. The molecule has 0 spiro atoms. The fourth-order valence-electron chi connectivity index (χ4n) is 1.44. The van der Waals surface area contributed by atoms with Crippen molar-refractivity contribution in [1.29, 1.82) is 0 Å². The summed E-state index contributed by atoms with van der Waals surface area (Å²) in [5.74, 6) is -1.19. The predicted octanol–water partition coefficient (Wildman–Crippen LogP) is 4.44. The third-order valence-corrected chi connectivity index (χ3v) is 2.60. The first-order chi connectivity index (χ1) is 8.34. The maximum absolute atomic E-state index is 13.0. The van der Waals surface area contributed by atoms with Gasteiger partial charge in [0.25, 0.3) is 0 Å². The second-order valence-electron chi connectivity index (χ2n) is 3.80. The molecule has 0 aliphatic heterocycles. The van der Waals surface area contributed by atoms with Crippen LogP contribution in [0.3, 0.4) is 0 Å². The number of benzene rings is 1. The van der Waals surface area contributed by atoms with Gasteiger partial charge in [0.05, 0.1) is 5.56 Å². The average Bonchev–Trinajstić information content (AvgIpc) is 2.27. The molecule has 0 bridgehead atoms. The van der Waals surface area contributed by atoms with Gasteiger partial charge in [0, 0.05) is 17.9 Å². The Hall–Kier alpha value is -1.10. The Labute approximate surface area is 107 Å². The van der Waals surface area contributed by atoms with Crippen LogP contribution in [0.5, 0.6) is 0 Å². The highest BCUT2D eigenvalue weighted by atomic mass is 35.5. The van der Waals surface area contributed by atoms with Gasteiger partial charge >= 0.3 is 6.18 Å². The van der Waals surface area contributed by atoms with Crippen LogP contribution < -0.4 is 0 Å². The van der Waals surface area contributed by atoms with Gasteiger partial charge in [-0.1, -0.05) is 0 Å². The molecular weight excluding hydrogens is 272 g/mol. The quantitative estimate of drug-likeness (QED) is 0.338. The van der Waals surface area contributed by atoms with Crippen molar-refractivity contribution in [3.05, 3.63) is 35.1 Å². The van der Waals surface area contributed by atoms with E-state index >= 15 is 0 Å². The van der Waals surface area contributed by atoms with Crippen molar-refractivity contribution in [2.24, 2.45) is 0 Å². The molecule has 0 aliphatic carbocycles. The summed E-state index contributed by atoms with van der Waals surface area (Å²) in [6, 6.07) is 1.86. The Balaban J connectivity index is 2.89. The van der Waals surface area contributed by atoms with Gasteiger partial charge in [-0.25, -0.2) is 4.39 Å². The van der Waals surface area contributed by atoms with E-state index in [4.69, 9.17) is 11.6 Å². The Morgan fingerprint density at radius 2 is 1.83 bits per heavy atom. The van der Waals surface area contributed by atoms with Gasteiger partial charge in [-0.15, -0.1) is 11.6 Å². The van der Waals surface area contributed by atoms with E-state index in [1.54, 1.807) is 0 Å². The van der Waals surface area contributed by atoms with Crippen LogP contribution in [0.2, 0.25) is 0 Å². The molecule has 0 aromatic heterocycles. The molecule has 6 heteroatoms. The molecule has 0 unspecified atom stereocenters. The number of rotatable bonds is 5. The minimum absolute atomic E-state index is 0.0630. The summed E-state index contributed by atoms with van der Waals surface area (Å²) < 4.78 is 50.3. The lowest BCUT2D eigenvalue weighted by molar-refractivity contribution is -0.137. The maximum atomic E-state index is 13.0. The maximum Gasteiger partial charge on any atom is 0.416 e. The van der Waals surface area contributed by atoms with E-state index in [0.29, 0.717) is 30.9 Å². The fourth-order valence-corrected chi connectivity index (χ4v) is 1.63. The van der Waals surface area contributed by atoms with Crippen molar-refractivity contribution < 1.29 is 22.4 Å². The van der Waals surface area contributed by atoms with Crippen molar-refractivity contribution in [1.82, 2.24) is 0 Å². The summed E-state index contributed by atoms with van der Waals surface area (Å²) in [6.07, 6.45) is -3.53. The molecule has 0 amide bonds. The molecule has 0 N–H and O–H groups in total. The smallest absolute Gasteiger partial charge is 0.294 e. The zero-order valence-corrected chi connectivity index (χ0v) is 10.1. The van der Waals surface area contributed by atoms with Gasteiger partial charge in [0.15, 0.2) is 5.78 Å². The van der Waals surface area contributed by atoms with Crippen molar-refractivity contribution in [3.8, 4) is 0 Å². The first-order valence-electron chi connectivity index (χ1n) is 5.31. The predicted molar refractivity (Wildman–Crippen MR) is 60.3 cm³/mol. The van der Waals surface area contributed by atoms with Crippen molar-refractivity contribution in [2.75, 3.05) is 5.88 Å². The first kappa shape index (κ1) is 15.0. The van der Waals surface area contributed by atoms with Gasteiger partial charge in [0.1, 0.15) is 5.82 Å². The highest BCUT2D eigenvalue weighted by molar-refractivity contribution is 6.17. The number of carbonyl (C=O) groups is 1. The number of alkyl halides is 4. The molecule has 0 fully saturated rings. The Kier molecular flexibility index (Phi) is 5.14. The third kappa shape index (κ3) is 4.29. The number of hydrogen-bond donors (Lipinski definition) is 0. The zero-order chi connectivity index (χ0) is 13.8. The van der Waals surface area contributed by atoms with Crippen LogP contribution in [0.15, 0.2) is 18.2 Å². The van der Waals surface area contributed by atoms with E-state index in [1.165, 1.54) is 0 Å². The molecule has 0 atom stereocenters. The Morgan fingerprint density at radius 3 is 2.39 bits per heavy atom. The second-order valence-corrected chi connectivity index (χ2v) is 4.17. The standard InChI is InChI=1S/C12H11ClF4O/c13-4-2-1-3-11(18)8-5-9(12(15,16)17)7-10(14)6-8/h5-7H,1-4H2. The number of unbranched alkanes of at least 4 members (excludes halogenated alkanes) is 1. The minimum atomic E-state index is -4.66.